The first-order valence-corrected chi connectivity index (χ1v) is 8.68. The van der Waals surface area contributed by atoms with Crippen LogP contribution < -0.4 is 15.2 Å². The first-order chi connectivity index (χ1) is 14.0. The molecule has 4 aromatic rings. The molecule has 0 aliphatic heterocycles. The van der Waals surface area contributed by atoms with E-state index >= 15 is 0 Å². The van der Waals surface area contributed by atoms with Crippen LogP contribution in [0.25, 0.3) is 21.7 Å². The van der Waals surface area contributed by atoms with Crippen molar-refractivity contribution in [1.82, 2.24) is 4.98 Å². The molecule has 0 atom stereocenters. The minimum atomic E-state index is -0.989. The summed E-state index contributed by atoms with van der Waals surface area (Å²) in [6, 6.07) is 15.1. The SMILES string of the molecule is COc1cc2nccc(Oc3ccc4c(C(=O)O)cccc4c3)c2cc1C(N)=O. The third-order valence-electron chi connectivity index (χ3n) is 4.60. The van der Waals surface area contributed by atoms with Gasteiger partial charge in [0.25, 0.3) is 5.91 Å². The molecule has 0 saturated carbocycles. The van der Waals surface area contributed by atoms with Crippen LogP contribution in [0.1, 0.15) is 20.7 Å². The van der Waals surface area contributed by atoms with Crippen molar-refractivity contribution in [2.24, 2.45) is 5.73 Å². The Bertz CT molecular complexity index is 1280. The van der Waals surface area contributed by atoms with Crippen molar-refractivity contribution < 1.29 is 24.2 Å². The fraction of sp³-hybridized carbons (Fsp3) is 0.0455. The van der Waals surface area contributed by atoms with Crippen LogP contribution >= 0.6 is 0 Å². The molecule has 1 aromatic heterocycles. The Labute approximate surface area is 165 Å². The number of carboxylic acid groups (broad SMARTS) is 1. The average molecular weight is 388 g/mol. The molecule has 0 saturated heterocycles. The number of ether oxygens (including phenoxy) is 2. The normalized spacial score (nSPS) is 10.8. The third kappa shape index (κ3) is 3.29. The molecule has 0 radical (unpaired) electrons. The zero-order valence-corrected chi connectivity index (χ0v) is 15.4. The number of methoxy groups -OCH3 is 1. The van der Waals surface area contributed by atoms with Gasteiger partial charge in [-0.05, 0) is 47.2 Å². The molecule has 4 rings (SSSR count). The van der Waals surface area contributed by atoms with Crippen LogP contribution in [-0.2, 0) is 0 Å². The van der Waals surface area contributed by atoms with Crippen molar-refractivity contribution in [1.29, 1.82) is 0 Å². The lowest BCUT2D eigenvalue weighted by atomic mass is 10.0. The summed E-state index contributed by atoms with van der Waals surface area (Å²) in [7, 11) is 1.45. The number of aromatic nitrogens is 1. The van der Waals surface area contributed by atoms with Gasteiger partial charge in [-0.2, -0.15) is 0 Å². The molecular weight excluding hydrogens is 372 g/mol. The molecule has 7 nitrogen and oxygen atoms in total. The largest absolute Gasteiger partial charge is 0.496 e. The van der Waals surface area contributed by atoms with Crippen LogP contribution in [0.3, 0.4) is 0 Å². The lowest BCUT2D eigenvalue weighted by molar-refractivity contribution is 0.0698. The van der Waals surface area contributed by atoms with Crippen LogP contribution in [0, 0.1) is 0 Å². The summed E-state index contributed by atoms with van der Waals surface area (Å²) in [5.74, 6) is -0.276. The van der Waals surface area contributed by atoms with E-state index < -0.39 is 11.9 Å². The van der Waals surface area contributed by atoms with E-state index in [9.17, 15) is 14.7 Å². The number of hydrogen-bond acceptors (Lipinski definition) is 5. The second-order valence-corrected chi connectivity index (χ2v) is 6.34. The number of primary amides is 1. The van der Waals surface area contributed by atoms with Gasteiger partial charge < -0.3 is 20.3 Å². The van der Waals surface area contributed by atoms with E-state index in [2.05, 4.69) is 4.98 Å². The Kier molecular flexibility index (Phi) is 4.48. The number of nitrogens with two attached hydrogens (primary N) is 1. The highest BCUT2D eigenvalue weighted by Gasteiger charge is 2.15. The summed E-state index contributed by atoms with van der Waals surface area (Å²) in [5.41, 5.74) is 6.49. The highest BCUT2D eigenvalue weighted by Crippen LogP contribution is 2.34. The Balaban J connectivity index is 1.81. The van der Waals surface area contributed by atoms with Gasteiger partial charge in [0, 0.05) is 17.6 Å². The summed E-state index contributed by atoms with van der Waals surface area (Å²) in [6.07, 6.45) is 1.59. The lowest BCUT2D eigenvalue weighted by Gasteiger charge is -2.12. The van der Waals surface area contributed by atoms with Crippen LogP contribution in [0.5, 0.6) is 17.2 Å². The van der Waals surface area contributed by atoms with Gasteiger partial charge in [-0.1, -0.05) is 12.1 Å². The molecule has 0 fully saturated rings. The molecule has 0 aliphatic carbocycles. The fourth-order valence-electron chi connectivity index (χ4n) is 3.24. The van der Waals surface area contributed by atoms with Crippen molar-refractivity contribution >= 4 is 33.6 Å². The molecule has 0 spiro atoms. The van der Waals surface area contributed by atoms with Gasteiger partial charge >= 0.3 is 5.97 Å². The number of amides is 1. The van der Waals surface area contributed by atoms with Crippen molar-refractivity contribution in [3.8, 4) is 17.2 Å². The second-order valence-electron chi connectivity index (χ2n) is 6.34. The van der Waals surface area contributed by atoms with Crippen LogP contribution in [-0.4, -0.2) is 29.1 Å². The van der Waals surface area contributed by atoms with Crippen molar-refractivity contribution in [2.45, 2.75) is 0 Å². The summed E-state index contributed by atoms with van der Waals surface area (Å²) >= 11 is 0. The Morgan fingerprint density at radius 1 is 0.966 bits per heavy atom. The number of aromatic carboxylic acids is 1. The number of benzene rings is 3. The molecule has 3 N–H and O–H groups in total. The number of carbonyl (C=O) groups is 2. The van der Waals surface area contributed by atoms with Gasteiger partial charge in [-0.25, -0.2) is 4.79 Å². The predicted octanol–water partition coefficient (Wildman–Crippen LogP) is 3.99. The molecular formula is C22H16N2O5. The van der Waals surface area contributed by atoms with Gasteiger partial charge in [0.2, 0.25) is 0 Å². The smallest absolute Gasteiger partial charge is 0.336 e. The van der Waals surface area contributed by atoms with Crippen LogP contribution in [0.2, 0.25) is 0 Å². The summed E-state index contributed by atoms with van der Waals surface area (Å²) in [4.78, 5) is 27.4. The maximum absolute atomic E-state index is 11.8. The first kappa shape index (κ1) is 18.2. The monoisotopic (exact) mass is 388 g/mol. The number of nitrogens with zero attached hydrogens (tertiary/aromatic N) is 1. The molecule has 7 heteroatoms. The third-order valence-corrected chi connectivity index (χ3v) is 4.60. The number of rotatable bonds is 5. The van der Waals surface area contributed by atoms with E-state index in [-0.39, 0.29) is 11.1 Å². The molecule has 0 unspecified atom stereocenters. The minimum Gasteiger partial charge on any atom is -0.496 e. The number of carbonyl (C=O) groups excluding carboxylic acids is 1. The Morgan fingerprint density at radius 3 is 2.52 bits per heavy atom. The van der Waals surface area contributed by atoms with Gasteiger partial charge in [0.05, 0.1) is 23.8 Å². The topological polar surface area (TPSA) is 112 Å². The van der Waals surface area contributed by atoms with E-state index in [0.29, 0.717) is 33.5 Å². The van der Waals surface area contributed by atoms with E-state index in [1.165, 1.54) is 7.11 Å². The second kappa shape index (κ2) is 7.12. The van der Waals surface area contributed by atoms with Crippen molar-refractivity contribution in [3.63, 3.8) is 0 Å². The fourth-order valence-corrected chi connectivity index (χ4v) is 3.24. The molecule has 29 heavy (non-hydrogen) atoms. The zero-order chi connectivity index (χ0) is 20.5. The molecule has 3 aromatic carbocycles. The zero-order valence-electron chi connectivity index (χ0n) is 15.4. The quantitative estimate of drug-likeness (QED) is 0.535. The minimum absolute atomic E-state index is 0.224. The molecule has 0 bridgehead atoms. The van der Waals surface area contributed by atoms with E-state index in [4.69, 9.17) is 15.2 Å². The maximum atomic E-state index is 11.8. The molecule has 0 aliphatic rings. The van der Waals surface area contributed by atoms with Crippen LogP contribution in [0.15, 0.2) is 60.8 Å². The van der Waals surface area contributed by atoms with Gasteiger partial charge in [0.15, 0.2) is 0 Å². The highest BCUT2D eigenvalue weighted by atomic mass is 16.5. The van der Waals surface area contributed by atoms with Crippen LogP contribution in [0.4, 0.5) is 0 Å². The van der Waals surface area contributed by atoms with E-state index in [1.807, 2.05) is 6.07 Å². The summed E-state index contributed by atoms with van der Waals surface area (Å²) in [5, 5.41) is 11.3. The van der Waals surface area contributed by atoms with E-state index in [1.54, 1.807) is 54.7 Å². The Hall–Kier alpha value is -4.13. The van der Waals surface area contributed by atoms with Gasteiger partial charge in [0.1, 0.15) is 17.2 Å². The first-order valence-electron chi connectivity index (χ1n) is 8.68. The van der Waals surface area contributed by atoms with Gasteiger partial charge in [-0.3, -0.25) is 9.78 Å². The Morgan fingerprint density at radius 2 is 1.79 bits per heavy atom. The number of carboxylic acids is 1. The van der Waals surface area contributed by atoms with Crippen molar-refractivity contribution in [3.05, 3.63) is 71.9 Å². The summed E-state index contributed by atoms with van der Waals surface area (Å²) < 4.78 is 11.2. The average Bonchev–Trinajstić information content (AvgIpc) is 2.72. The predicted molar refractivity (Wildman–Crippen MR) is 108 cm³/mol. The molecule has 1 amide bonds. The van der Waals surface area contributed by atoms with Gasteiger partial charge in [-0.15, -0.1) is 0 Å². The summed E-state index contributed by atoms with van der Waals surface area (Å²) in [6.45, 7) is 0. The number of hydrogen-bond donors (Lipinski definition) is 2. The highest BCUT2D eigenvalue weighted by molar-refractivity contribution is 6.04. The van der Waals surface area contributed by atoms with Crippen molar-refractivity contribution in [2.75, 3.05) is 7.11 Å². The van der Waals surface area contributed by atoms with E-state index in [0.717, 1.165) is 5.39 Å². The molecule has 144 valence electrons. The number of pyridine rings is 1. The molecule has 1 heterocycles. The lowest BCUT2D eigenvalue weighted by Crippen LogP contribution is -2.12. The number of fused-ring (bicyclic) bond motifs is 2. The maximum Gasteiger partial charge on any atom is 0.336 e. The standard InChI is InChI=1S/C22H16N2O5/c1-28-20-11-18-16(10-17(20)21(23)25)19(7-8-24-18)29-13-5-6-14-12(9-13)3-2-4-15(14)22(26)27/h2-11H,1H3,(H2,23,25)(H,26,27).